The zero-order valence-electron chi connectivity index (χ0n) is 9.61. The van der Waals surface area contributed by atoms with E-state index in [-0.39, 0.29) is 5.75 Å². The second-order valence-corrected chi connectivity index (χ2v) is 5.00. The summed E-state index contributed by atoms with van der Waals surface area (Å²) in [5.41, 5.74) is 1.85. The van der Waals surface area contributed by atoms with Gasteiger partial charge < -0.3 is 4.18 Å². The summed E-state index contributed by atoms with van der Waals surface area (Å²) in [4.78, 5) is 0. The van der Waals surface area contributed by atoms with Gasteiger partial charge in [-0.3, -0.25) is 0 Å². The molecule has 2 aromatic rings. The van der Waals surface area contributed by atoms with Gasteiger partial charge in [-0.1, -0.05) is 48.5 Å². The van der Waals surface area contributed by atoms with Crippen LogP contribution >= 0.6 is 0 Å². The van der Waals surface area contributed by atoms with Crippen molar-refractivity contribution in [3.63, 3.8) is 0 Å². The van der Waals surface area contributed by atoms with Gasteiger partial charge in [-0.15, -0.1) is 0 Å². The van der Waals surface area contributed by atoms with E-state index in [2.05, 4.69) is 0 Å². The van der Waals surface area contributed by atoms with E-state index in [4.69, 9.17) is 9.32 Å². The van der Waals surface area contributed by atoms with Crippen LogP contribution in [0.5, 0.6) is 5.75 Å². The maximum Gasteiger partial charge on any atom is 0.380 e. The van der Waals surface area contributed by atoms with Crippen LogP contribution in [0.25, 0.3) is 0 Å². The Morgan fingerprint density at radius 2 is 1.56 bits per heavy atom. The summed E-state index contributed by atoms with van der Waals surface area (Å²) >= 11 is 0. The first-order valence-electron chi connectivity index (χ1n) is 5.38. The van der Waals surface area contributed by atoms with Gasteiger partial charge in [0.25, 0.3) is 0 Å². The SMILES string of the molecule is NS(=O)(=O)Oc1ccccc1Cc1ccccc1. The van der Waals surface area contributed by atoms with Crippen LogP contribution in [0.15, 0.2) is 54.6 Å². The highest BCUT2D eigenvalue weighted by Gasteiger charge is 2.09. The zero-order chi connectivity index (χ0) is 13.0. The van der Waals surface area contributed by atoms with E-state index < -0.39 is 10.3 Å². The summed E-state index contributed by atoms with van der Waals surface area (Å²) < 4.78 is 26.7. The van der Waals surface area contributed by atoms with E-state index in [9.17, 15) is 8.42 Å². The Morgan fingerprint density at radius 1 is 0.944 bits per heavy atom. The first kappa shape index (κ1) is 12.6. The van der Waals surface area contributed by atoms with Crippen molar-refractivity contribution in [3.8, 4) is 5.75 Å². The molecule has 4 nitrogen and oxygen atoms in total. The lowest BCUT2D eigenvalue weighted by molar-refractivity contribution is 0.485. The van der Waals surface area contributed by atoms with Gasteiger partial charge in [-0.05, 0) is 11.6 Å². The third-order valence-electron chi connectivity index (χ3n) is 2.42. The summed E-state index contributed by atoms with van der Waals surface area (Å²) in [6.07, 6.45) is 0.590. The van der Waals surface area contributed by atoms with E-state index in [1.54, 1.807) is 12.1 Å². The zero-order valence-corrected chi connectivity index (χ0v) is 10.4. The van der Waals surface area contributed by atoms with E-state index in [0.29, 0.717) is 6.42 Å². The Morgan fingerprint density at radius 3 is 2.22 bits per heavy atom. The molecular weight excluding hydrogens is 250 g/mol. The third kappa shape index (κ3) is 3.58. The Labute approximate surface area is 106 Å². The lowest BCUT2D eigenvalue weighted by Gasteiger charge is -2.09. The molecule has 0 aromatic heterocycles. The normalized spacial score (nSPS) is 11.2. The standard InChI is InChI=1S/C13H13NO3S/c14-18(15,16)17-13-9-5-4-8-12(13)10-11-6-2-1-3-7-11/h1-9H,10H2,(H2,14,15,16). The Bertz CT molecular complexity index is 624. The van der Waals surface area contributed by atoms with Gasteiger partial charge in [-0.25, -0.2) is 0 Å². The molecule has 0 heterocycles. The molecule has 0 unspecified atom stereocenters. The molecule has 2 aromatic carbocycles. The maximum atomic E-state index is 11.0. The minimum Gasteiger partial charge on any atom is -0.371 e. The highest BCUT2D eigenvalue weighted by atomic mass is 32.2. The minimum absolute atomic E-state index is 0.267. The van der Waals surface area contributed by atoms with Crippen molar-refractivity contribution in [1.29, 1.82) is 0 Å². The van der Waals surface area contributed by atoms with Crippen LogP contribution in [0.2, 0.25) is 0 Å². The Kier molecular flexibility index (Phi) is 3.64. The van der Waals surface area contributed by atoms with Crippen molar-refractivity contribution in [2.75, 3.05) is 0 Å². The first-order chi connectivity index (χ1) is 8.54. The molecule has 0 amide bonds. The van der Waals surface area contributed by atoms with E-state index >= 15 is 0 Å². The minimum atomic E-state index is -3.99. The Hall–Kier alpha value is -1.85. The van der Waals surface area contributed by atoms with Crippen LogP contribution in [0.3, 0.4) is 0 Å². The van der Waals surface area contributed by atoms with Crippen LogP contribution in [0.1, 0.15) is 11.1 Å². The number of hydrogen-bond acceptors (Lipinski definition) is 3. The summed E-state index contributed by atoms with van der Waals surface area (Å²) in [5.74, 6) is 0.267. The highest BCUT2D eigenvalue weighted by Crippen LogP contribution is 2.22. The predicted octanol–water partition coefficient (Wildman–Crippen LogP) is 1.86. The number of benzene rings is 2. The second kappa shape index (κ2) is 5.20. The number of rotatable bonds is 4. The average Bonchev–Trinajstić information content (AvgIpc) is 2.31. The molecule has 0 fully saturated rings. The molecule has 0 spiro atoms. The van der Waals surface area contributed by atoms with Crippen LogP contribution in [0, 0.1) is 0 Å². The fourth-order valence-electron chi connectivity index (χ4n) is 1.67. The molecular formula is C13H13NO3S. The molecule has 0 atom stereocenters. The van der Waals surface area contributed by atoms with Gasteiger partial charge in [0.2, 0.25) is 0 Å². The van der Waals surface area contributed by atoms with Gasteiger partial charge in [0, 0.05) is 12.0 Å². The largest absolute Gasteiger partial charge is 0.380 e. The number of para-hydroxylation sites is 1. The maximum absolute atomic E-state index is 11.0. The average molecular weight is 263 g/mol. The summed E-state index contributed by atoms with van der Waals surface area (Å²) in [7, 11) is -3.99. The van der Waals surface area contributed by atoms with Crippen molar-refractivity contribution in [2.24, 2.45) is 5.14 Å². The quantitative estimate of drug-likeness (QED) is 0.915. The lowest BCUT2D eigenvalue weighted by Crippen LogP contribution is -2.19. The molecule has 0 aliphatic heterocycles. The Balaban J connectivity index is 2.28. The highest BCUT2D eigenvalue weighted by molar-refractivity contribution is 7.84. The fourth-order valence-corrected chi connectivity index (χ4v) is 2.08. The van der Waals surface area contributed by atoms with Crippen molar-refractivity contribution in [3.05, 3.63) is 65.7 Å². The molecule has 2 rings (SSSR count). The van der Waals surface area contributed by atoms with Crippen LogP contribution in [-0.2, 0) is 16.7 Å². The molecule has 18 heavy (non-hydrogen) atoms. The molecule has 0 radical (unpaired) electrons. The molecule has 2 N–H and O–H groups in total. The smallest absolute Gasteiger partial charge is 0.371 e. The first-order valence-corrected chi connectivity index (χ1v) is 6.86. The van der Waals surface area contributed by atoms with E-state index in [1.165, 1.54) is 0 Å². The molecule has 0 aliphatic rings. The van der Waals surface area contributed by atoms with Gasteiger partial charge in [0.15, 0.2) is 0 Å². The summed E-state index contributed by atoms with van der Waals surface area (Å²) in [6, 6.07) is 16.6. The summed E-state index contributed by atoms with van der Waals surface area (Å²) in [5, 5.41) is 4.88. The second-order valence-electron chi connectivity index (χ2n) is 3.85. The molecule has 0 aliphatic carbocycles. The van der Waals surface area contributed by atoms with Crippen molar-refractivity contribution in [1.82, 2.24) is 0 Å². The van der Waals surface area contributed by atoms with Crippen LogP contribution < -0.4 is 9.32 Å². The lowest BCUT2D eigenvalue weighted by atomic mass is 10.0. The van der Waals surface area contributed by atoms with Gasteiger partial charge in [0.1, 0.15) is 5.75 Å². The topological polar surface area (TPSA) is 69.4 Å². The fraction of sp³-hybridized carbons (Fsp3) is 0.0769. The van der Waals surface area contributed by atoms with Crippen molar-refractivity contribution < 1.29 is 12.6 Å². The predicted molar refractivity (Wildman–Crippen MR) is 69.4 cm³/mol. The van der Waals surface area contributed by atoms with Crippen LogP contribution in [-0.4, -0.2) is 8.42 Å². The molecule has 0 saturated carbocycles. The number of hydrogen-bond donors (Lipinski definition) is 1. The van der Waals surface area contributed by atoms with E-state index in [0.717, 1.165) is 11.1 Å². The molecule has 0 saturated heterocycles. The van der Waals surface area contributed by atoms with Crippen LogP contribution in [0.4, 0.5) is 0 Å². The molecule has 5 heteroatoms. The molecule has 0 bridgehead atoms. The van der Waals surface area contributed by atoms with Gasteiger partial charge in [-0.2, -0.15) is 13.6 Å². The summed E-state index contributed by atoms with van der Waals surface area (Å²) in [6.45, 7) is 0. The third-order valence-corrected chi connectivity index (χ3v) is 2.83. The monoisotopic (exact) mass is 263 g/mol. The van der Waals surface area contributed by atoms with Gasteiger partial charge in [0.05, 0.1) is 0 Å². The molecule has 94 valence electrons. The van der Waals surface area contributed by atoms with E-state index in [1.807, 2.05) is 42.5 Å². The van der Waals surface area contributed by atoms with Crippen molar-refractivity contribution in [2.45, 2.75) is 6.42 Å². The number of nitrogens with two attached hydrogens (primary N) is 1. The van der Waals surface area contributed by atoms with Gasteiger partial charge >= 0.3 is 10.3 Å². The van der Waals surface area contributed by atoms with Crippen molar-refractivity contribution >= 4 is 10.3 Å².